The molecule has 0 aliphatic carbocycles. The second-order valence-corrected chi connectivity index (χ2v) is 4.86. The summed E-state index contributed by atoms with van der Waals surface area (Å²) < 4.78 is 0. The van der Waals surface area contributed by atoms with Crippen molar-refractivity contribution in [1.29, 1.82) is 0 Å². The van der Waals surface area contributed by atoms with E-state index in [9.17, 15) is 9.59 Å². The van der Waals surface area contributed by atoms with Crippen LogP contribution >= 0.6 is 0 Å². The van der Waals surface area contributed by atoms with Gasteiger partial charge in [-0.1, -0.05) is 20.8 Å². The van der Waals surface area contributed by atoms with Gasteiger partial charge in [0.2, 0.25) is 5.91 Å². The molecule has 0 radical (unpaired) electrons. The normalized spacial score (nSPS) is 14.2. The average Bonchev–Trinajstić information content (AvgIpc) is 2.56. The second kappa shape index (κ2) is 8.36. The third-order valence-corrected chi connectivity index (χ3v) is 3.52. The lowest BCUT2D eigenvalue weighted by atomic mass is 10.2. The number of rotatable bonds is 3. The van der Waals surface area contributed by atoms with Crippen molar-refractivity contribution in [2.45, 2.75) is 34.1 Å². The number of nitrogens with zero attached hydrogens (tertiary/aromatic N) is 3. The molecular formula is C16H25N3O3. The van der Waals surface area contributed by atoms with Gasteiger partial charge in [-0.05, 0) is 18.6 Å². The summed E-state index contributed by atoms with van der Waals surface area (Å²) in [4.78, 5) is 30.8. The number of amides is 1. The molecule has 2 heterocycles. The van der Waals surface area contributed by atoms with E-state index in [1.807, 2.05) is 25.7 Å². The highest BCUT2D eigenvalue weighted by Crippen LogP contribution is 2.18. The number of hydrogen-bond acceptors (Lipinski definition) is 4. The molecule has 0 bridgehead atoms. The fourth-order valence-electron chi connectivity index (χ4n) is 2.29. The van der Waals surface area contributed by atoms with Crippen LogP contribution in [0.5, 0.6) is 0 Å². The van der Waals surface area contributed by atoms with Crippen molar-refractivity contribution < 1.29 is 14.7 Å². The summed E-state index contributed by atoms with van der Waals surface area (Å²) in [6, 6.07) is 3.21. The third kappa shape index (κ3) is 4.44. The van der Waals surface area contributed by atoms with Crippen molar-refractivity contribution in [1.82, 2.24) is 9.88 Å². The van der Waals surface area contributed by atoms with Crippen LogP contribution in [0.25, 0.3) is 0 Å². The van der Waals surface area contributed by atoms with Crippen LogP contribution in [0.3, 0.4) is 0 Å². The van der Waals surface area contributed by atoms with E-state index in [2.05, 4.69) is 4.98 Å². The summed E-state index contributed by atoms with van der Waals surface area (Å²) in [6.45, 7) is 10.2. The minimum absolute atomic E-state index is 0.0751. The number of carbonyl (C=O) groups excluding carboxylic acids is 1. The third-order valence-electron chi connectivity index (χ3n) is 3.52. The summed E-state index contributed by atoms with van der Waals surface area (Å²) in [7, 11) is 0. The molecule has 6 heteroatoms. The Labute approximate surface area is 131 Å². The molecule has 0 spiro atoms. The second-order valence-electron chi connectivity index (χ2n) is 4.86. The van der Waals surface area contributed by atoms with E-state index in [0.717, 1.165) is 5.69 Å². The van der Waals surface area contributed by atoms with Crippen LogP contribution in [0.4, 0.5) is 5.82 Å². The molecule has 1 saturated heterocycles. The lowest BCUT2D eigenvalue weighted by Crippen LogP contribution is -2.48. The summed E-state index contributed by atoms with van der Waals surface area (Å²) in [5, 5.41) is 9.14. The Bertz CT molecular complexity index is 523. The lowest BCUT2D eigenvalue weighted by molar-refractivity contribution is -0.129. The number of aromatic nitrogens is 1. The quantitative estimate of drug-likeness (QED) is 0.925. The molecule has 1 aliphatic rings. The minimum Gasteiger partial charge on any atom is -0.478 e. The highest BCUT2D eigenvalue weighted by molar-refractivity contribution is 5.88. The fourth-order valence-corrected chi connectivity index (χ4v) is 2.29. The Morgan fingerprint density at radius 2 is 1.77 bits per heavy atom. The van der Waals surface area contributed by atoms with Crippen molar-refractivity contribution >= 4 is 17.7 Å². The number of anilines is 1. The van der Waals surface area contributed by atoms with E-state index >= 15 is 0 Å². The molecule has 1 aromatic rings. The maximum absolute atomic E-state index is 11.3. The topological polar surface area (TPSA) is 73.7 Å². The molecule has 0 saturated carbocycles. The molecule has 1 fully saturated rings. The van der Waals surface area contributed by atoms with Gasteiger partial charge in [0.25, 0.3) is 0 Å². The zero-order valence-electron chi connectivity index (χ0n) is 13.8. The van der Waals surface area contributed by atoms with Crippen LogP contribution < -0.4 is 4.90 Å². The van der Waals surface area contributed by atoms with Crippen molar-refractivity contribution in [3.05, 3.63) is 23.4 Å². The summed E-state index contributed by atoms with van der Waals surface area (Å²) in [5.74, 6) is -0.179. The molecular weight excluding hydrogens is 282 g/mol. The molecule has 0 aromatic carbocycles. The van der Waals surface area contributed by atoms with Crippen LogP contribution in [0, 0.1) is 0 Å². The van der Waals surface area contributed by atoms with E-state index in [4.69, 9.17) is 5.11 Å². The van der Waals surface area contributed by atoms with Gasteiger partial charge in [-0.25, -0.2) is 9.78 Å². The number of carboxylic acid groups (broad SMARTS) is 1. The minimum atomic E-state index is -0.939. The van der Waals surface area contributed by atoms with Crippen molar-refractivity contribution in [3.8, 4) is 0 Å². The smallest absolute Gasteiger partial charge is 0.335 e. The first kappa shape index (κ1) is 17.9. The zero-order chi connectivity index (χ0) is 16.7. The van der Waals surface area contributed by atoms with Crippen molar-refractivity contribution in [2.24, 2.45) is 0 Å². The monoisotopic (exact) mass is 307 g/mol. The Morgan fingerprint density at radius 1 is 1.18 bits per heavy atom. The van der Waals surface area contributed by atoms with Crippen LogP contribution in [0.2, 0.25) is 0 Å². The highest BCUT2D eigenvalue weighted by Gasteiger charge is 2.20. The molecule has 0 unspecified atom stereocenters. The van der Waals surface area contributed by atoms with Gasteiger partial charge in [0.15, 0.2) is 0 Å². The van der Waals surface area contributed by atoms with Crippen molar-refractivity contribution in [2.75, 3.05) is 31.1 Å². The predicted octanol–water partition coefficient (Wildman–Crippen LogP) is 2.04. The zero-order valence-corrected chi connectivity index (χ0v) is 13.8. The molecule has 1 aromatic heterocycles. The number of pyridine rings is 1. The van der Waals surface area contributed by atoms with Gasteiger partial charge in [-0.2, -0.15) is 0 Å². The Morgan fingerprint density at radius 3 is 2.23 bits per heavy atom. The van der Waals surface area contributed by atoms with Crippen LogP contribution in [0.15, 0.2) is 12.1 Å². The van der Waals surface area contributed by atoms with Gasteiger partial charge in [0, 0.05) is 38.8 Å². The summed E-state index contributed by atoms with van der Waals surface area (Å²) in [6.07, 6.45) is 0.696. The lowest BCUT2D eigenvalue weighted by Gasteiger charge is -2.35. The van der Waals surface area contributed by atoms with E-state index in [1.165, 1.54) is 0 Å². The first-order valence-corrected chi connectivity index (χ1v) is 7.76. The molecule has 2 rings (SSSR count). The summed E-state index contributed by atoms with van der Waals surface area (Å²) >= 11 is 0. The SMILES string of the molecule is CC.CCc1cc(C(=O)O)cc(N2CCN(C(C)=O)CC2)n1. The number of hydrogen-bond donors (Lipinski definition) is 1. The van der Waals surface area contributed by atoms with Gasteiger partial charge in [0.05, 0.1) is 5.56 Å². The van der Waals surface area contributed by atoms with E-state index < -0.39 is 5.97 Å². The molecule has 0 atom stereocenters. The number of carboxylic acids is 1. The van der Waals surface area contributed by atoms with Gasteiger partial charge >= 0.3 is 5.97 Å². The predicted molar refractivity (Wildman–Crippen MR) is 86.4 cm³/mol. The van der Waals surface area contributed by atoms with E-state index in [0.29, 0.717) is 38.4 Å². The number of piperazine rings is 1. The highest BCUT2D eigenvalue weighted by atomic mass is 16.4. The molecule has 1 amide bonds. The number of aromatic carboxylic acids is 1. The molecule has 122 valence electrons. The largest absolute Gasteiger partial charge is 0.478 e. The molecule has 6 nitrogen and oxygen atoms in total. The Balaban J connectivity index is 0.00000116. The Kier molecular flexibility index (Phi) is 6.82. The Hall–Kier alpha value is -2.11. The molecule has 22 heavy (non-hydrogen) atoms. The first-order chi connectivity index (χ1) is 10.5. The van der Waals surface area contributed by atoms with Gasteiger partial charge < -0.3 is 14.9 Å². The van der Waals surface area contributed by atoms with Crippen LogP contribution in [-0.2, 0) is 11.2 Å². The number of aryl methyl sites for hydroxylation is 1. The average molecular weight is 307 g/mol. The maximum Gasteiger partial charge on any atom is 0.335 e. The molecule has 1 N–H and O–H groups in total. The van der Waals surface area contributed by atoms with Crippen LogP contribution in [-0.4, -0.2) is 53.0 Å². The van der Waals surface area contributed by atoms with E-state index in [1.54, 1.807) is 24.0 Å². The summed E-state index contributed by atoms with van der Waals surface area (Å²) in [5.41, 5.74) is 1.04. The van der Waals surface area contributed by atoms with Crippen LogP contribution in [0.1, 0.15) is 43.7 Å². The van der Waals surface area contributed by atoms with Crippen molar-refractivity contribution in [3.63, 3.8) is 0 Å². The first-order valence-electron chi connectivity index (χ1n) is 7.76. The van der Waals surface area contributed by atoms with E-state index in [-0.39, 0.29) is 11.5 Å². The molecule has 1 aliphatic heterocycles. The van der Waals surface area contributed by atoms with Gasteiger partial charge in [-0.3, -0.25) is 4.79 Å². The fraction of sp³-hybridized carbons (Fsp3) is 0.562. The van der Waals surface area contributed by atoms with Gasteiger partial charge in [0.1, 0.15) is 5.82 Å². The number of carbonyl (C=O) groups is 2. The maximum atomic E-state index is 11.3. The standard InChI is InChI=1S/C14H19N3O3.C2H6/c1-3-12-8-11(14(19)20)9-13(15-12)17-6-4-16(5-7-17)10(2)18;1-2/h8-9H,3-7H2,1-2H3,(H,19,20);1-2H3. The van der Waals surface area contributed by atoms with Gasteiger partial charge in [-0.15, -0.1) is 0 Å².